The number of piperazine rings is 1. The molecule has 0 atom stereocenters. The van der Waals surface area contributed by atoms with Crippen LogP contribution in [0.4, 0.5) is 5.69 Å². The third-order valence-electron chi connectivity index (χ3n) is 4.75. The fraction of sp³-hybridized carbons (Fsp3) is 0.381. The van der Waals surface area contributed by atoms with Crippen LogP contribution in [-0.4, -0.2) is 50.7 Å². The number of carbonyl (C=O) groups is 1. The third-order valence-corrected chi connectivity index (χ3v) is 4.75. The Morgan fingerprint density at radius 1 is 1.00 bits per heavy atom. The Bertz CT molecular complexity index is 750. The topological polar surface area (TPSA) is 42.0 Å². The largest absolute Gasteiger partial charge is 0.497 e. The van der Waals surface area contributed by atoms with Gasteiger partial charge in [-0.1, -0.05) is 17.7 Å². The average molecular weight is 354 g/mol. The van der Waals surface area contributed by atoms with Gasteiger partial charge in [0.15, 0.2) is 6.61 Å². The first kappa shape index (κ1) is 18.1. The molecule has 1 amide bonds. The first-order valence-corrected chi connectivity index (χ1v) is 8.93. The van der Waals surface area contributed by atoms with E-state index in [0.717, 1.165) is 35.8 Å². The quantitative estimate of drug-likeness (QED) is 0.828. The molecule has 1 heterocycles. The molecule has 2 aromatic rings. The molecule has 1 aliphatic heterocycles. The highest BCUT2D eigenvalue weighted by Gasteiger charge is 2.21. The van der Waals surface area contributed by atoms with Crippen LogP contribution in [0.3, 0.4) is 0 Å². The van der Waals surface area contributed by atoms with E-state index in [1.165, 1.54) is 5.56 Å². The second kappa shape index (κ2) is 8.13. The molecule has 0 bridgehead atoms. The van der Waals surface area contributed by atoms with E-state index < -0.39 is 0 Å². The zero-order valence-electron chi connectivity index (χ0n) is 15.7. The second-order valence-corrected chi connectivity index (χ2v) is 6.62. The van der Waals surface area contributed by atoms with E-state index in [2.05, 4.69) is 23.1 Å². The average Bonchev–Trinajstić information content (AvgIpc) is 2.67. The van der Waals surface area contributed by atoms with Crippen LogP contribution in [0.2, 0.25) is 0 Å². The summed E-state index contributed by atoms with van der Waals surface area (Å²) in [5.41, 5.74) is 3.40. The maximum Gasteiger partial charge on any atom is 0.260 e. The van der Waals surface area contributed by atoms with Crippen molar-refractivity contribution in [3.05, 3.63) is 53.6 Å². The molecule has 3 rings (SSSR count). The number of anilines is 1. The van der Waals surface area contributed by atoms with Gasteiger partial charge >= 0.3 is 0 Å². The monoisotopic (exact) mass is 354 g/mol. The molecule has 5 heteroatoms. The molecule has 1 fully saturated rings. The molecule has 138 valence electrons. The van der Waals surface area contributed by atoms with Crippen LogP contribution < -0.4 is 14.4 Å². The van der Waals surface area contributed by atoms with E-state index in [-0.39, 0.29) is 12.5 Å². The molecule has 1 aliphatic rings. The predicted molar refractivity (Wildman–Crippen MR) is 103 cm³/mol. The van der Waals surface area contributed by atoms with E-state index in [0.29, 0.717) is 13.1 Å². The standard InChI is InChI=1S/C21H26N2O3/c1-16-4-9-20(17(2)14-16)26-15-21(24)23-12-10-22(11-13-23)18-5-7-19(25-3)8-6-18/h4-9,14H,10-13,15H2,1-3H3. The summed E-state index contributed by atoms with van der Waals surface area (Å²) in [6.07, 6.45) is 0. The minimum Gasteiger partial charge on any atom is -0.497 e. The van der Waals surface area contributed by atoms with Gasteiger partial charge in [-0.3, -0.25) is 4.79 Å². The van der Waals surface area contributed by atoms with Crippen molar-refractivity contribution in [2.75, 3.05) is 44.8 Å². The molecule has 0 aromatic heterocycles. The van der Waals surface area contributed by atoms with Crippen LogP contribution in [0.1, 0.15) is 11.1 Å². The highest BCUT2D eigenvalue weighted by molar-refractivity contribution is 5.78. The number of benzene rings is 2. The Balaban J connectivity index is 1.50. The Kier molecular flexibility index (Phi) is 5.66. The van der Waals surface area contributed by atoms with Crippen LogP contribution in [0.25, 0.3) is 0 Å². The lowest BCUT2D eigenvalue weighted by atomic mass is 10.1. The summed E-state index contributed by atoms with van der Waals surface area (Å²) < 4.78 is 10.9. The van der Waals surface area contributed by atoms with Gasteiger partial charge < -0.3 is 19.3 Å². The molecule has 0 radical (unpaired) electrons. The minimum absolute atomic E-state index is 0.0411. The first-order valence-electron chi connectivity index (χ1n) is 8.93. The van der Waals surface area contributed by atoms with Crippen molar-refractivity contribution in [1.82, 2.24) is 4.90 Å². The number of ether oxygens (including phenoxy) is 2. The summed E-state index contributed by atoms with van der Waals surface area (Å²) in [5.74, 6) is 1.67. The lowest BCUT2D eigenvalue weighted by Gasteiger charge is -2.36. The van der Waals surface area contributed by atoms with Crippen molar-refractivity contribution in [3.63, 3.8) is 0 Å². The van der Waals surface area contributed by atoms with E-state index >= 15 is 0 Å². The molecule has 0 aliphatic carbocycles. The molecule has 0 spiro atoms. The fourth-order valence-corrected chi connectivity index (χ4v) is 3.20. The van der Waals surface area contributed by atoms with Gasteiger partial charge in [0.25, 0.3) is 5.91 Å². The van der Waals surface area contributed by atoms with Crippen molar-refractivity contribution in [1.29, 1.82) is 0 Å². The van der Waals surface area contributed by atoms with E-state index in [9.17, 15) is 4.79 Å². The maximum atomic E-state index is 12.4. The van der Waals surface area contributed by atoms with Gasteiger partial charge in [0.1, 0.15) is 11.5 Å². The number of nitrogens with zero attached hydrogens (tertiary/aromatic N) is 2. The second-order valence-electron chi connectivity index (χ2n) is 6.62. The zero-order valence-corrected chi connectivity index (χ0v) is 15.7. The fourth-order valence-electron chi connectivity index (χ4n) is 3.20. The minimum atomic E-state index is 0.0411. The number of aryl methyl sites for hydroxylation is 2. The lowest BCUT2D eigenvalue weighted by molar-refractivity contribution is -0.133. The number of hydrogen-bond donors (Lipinski definition) is 0. The molecular formula is C21H26N2O3. The molecule has 1 saturated heterocycles. The summed E-state index contributed by atoms with van der Waals surface area (Å²) >= 11 is 0. The van der Waals surface area contributed by atoms with Crippen LogP contribution in [0, 0.1) is 13.8 Å². The van der Waals surface area contributed by atoms with Crippen LogP contribution >= 0.6 is 0 Å². The van der Waals surface area contributed by atoms with Crippen molar-refractivity contribution >= 4 is 11.6 Å². The van der Waals surface area contributed by atoms with Gasteiger partial charge in [-0.25, -0.2) is 0 Å². The van der Waals surface area contributed by atoms with Crippen LogP contribution in [0.5, 0.6) is 11.5 Å². The van der Waals surface area contributed by atoms with Crippen LogP contribution in [0.15, 0.2) is 42.5 Å². The maximum absolute atomic E-state index is 12.4. The van der Waals surface area contributed by atoms with Crippen molar-refractivity contribution in [2.24, 2.45) is 0 Å². The number of hydrogen-bond acceptors (Lipinski definition) is 4. The first-order chi connectivity index (χ1) is 12.6. The van der Waals surface area contributed by atoms with Gasteiger partial charge in [0.2, 0.25) is 0 Å². The summed E-state index contributed by atoms with van der Waals surface area (Å²) in [6.45, 7) is 7.20. The van der Waals surface area contributed by atoms with Crippen molar-refractivity contribution in [3.8, 4) is 11.5 Å². The Labute approximate surface area is 155 Å². The Morgan fingerprint density at radius 3 is 2.31 bits per heavy atom. The highest BCUT2D eigenvalue weighted by Crippen LogP contribution is 2.21. The number of rotatable bonds is 5. The number of methoxy groups -OCH3 is 1. The smallest absolute Gasteiger partial charge is 0.260 e. The molecule has 0 saturated carbocycles. The SMILES string of the molecule is COc1ccc(N2CCN(C(=O)COc3ccc(C)cc3C)CC2)cc1. The summed E-state index contributed by atoms with van der Waals surface area (Å²) in [4.78, 5) is 16.6. The highest BCUT2D eigenvalue weighted by atomic mass is 16.5. The Morgan fingerprint density at radius 2 is 1.69 bits per heavy atom. The van der Waals surface area contributed by atoms with Gasteiger partial charge in [-0.05, 0) is 49.7 Å². The molecule has 0 N–H and O–H groups in total. The summed E-state index contributed by atoms with van der Waals surface area (Å²) in [5, 5.41) is 0. The third kappa shape index (κ3) is 4.28. The molecular weight excluding hydrogens is 328 g/mol. The summed E-state index contributed by atoms with van der Waals surface area (Å²) in [7, 11) is 1.67. The number of carbonyl (C=O) groups excluding carboxylic acids is 1. The number of amides is 1. The van der Waals surface area contributed by atoms with Gasteiger partial charge in [-0.15, -0.1) is 0 Å². The van der Waals surface area contributed by atoms with Gasteiger partial charge in [0.05, 0.1) is 7.11 Å². The van der Waals surface area contributed by atoms with E-state index in [1.54, 1.807) is 7.11 Å². The Hall–Kier alpha value is -2.69. The predicted octanol–water partition coefficient (Wildman–Crippen LogP) is 3.04. The lowest BCUT2D eigenvalue weighted by Crippen LogP contribution is -2.50. The normalized spacial score (nSPS) is 14.3. The van der Waals surface area contributed by atoms with Crippen molar-refractivity contribution < 1.29 is 14.3 Å². The molecule has 5 nitrogen and oxygen atoms in total. The van der Waals surface area contributed by atoms with Crippen molar-refractivity contribution in [2.45, 2.75) is 13.8 Å². The summed E-state index contributed by atoms with van der Waals surface area (Å²) in [6, 6.07) is 14.0. The van der Waals surface area contributed by atoms with Crippen LogP contribution in [-0.2, 0) is 4.79 Å². The molecule has 26 heavy (non-hydrogen) atoms. The van der Waals surface area contributed by atoms with Gasteiger partial charge in [-0.2, -0.15) is 0 Å². The zero-order chi connectivity index (χ0) is 18.5. The molecule has 2 aromatic carbocycles. The van der Waals surface area contributed by atoms with E-state index in [4.69, 9.17) is 9.47 Å². The molecule has 0 unspecified atom stereocenters. The van der Waals surface area contributed by atoms with Gasteiger partial charge in [0, 0.05) is 31.9 Å². The van der Waals surface area contributed by atoms with E-state index in [1.807, 2.05) is 43.0 Å².